The molecule has 1 unspecified atom stereocenters. The van der Waals surface area contributed by atoms with Crippen LogP contribution < -0.4 is 5.32 Å². The molecule has 2 nitrogen and oxygen atoms in total. The highest BCUT2D eigenvalue weighted by Gasteiger charge is 2.15. The molecule has 18 heavy (non-hydrogen) atoms. The second-order valence-electron chi connectivity index (χ2n) is 4.69. The van der Waals surface area contributed by atoms with E-state index in [0.29, 0.717) is 0 Å². The van der Waals surface area contributed by atoms with Crippen molar-refractivity contribution in [1.29, 1.82) is 0 Å². The van der Waals surface area contributed by atoms with Gasteiger partial charge in [-0.05, 0) is 43.7 Å². The van der Waals surface area contributed by atoms with Gasteiger partial charge in [0, 0.05) is 5.39 Å². The van der Waals surface area contributed by atoms with Gasteiger partial charge in [-0.15, -0.1) is 0 Å². The van der Waals surface area contributed by atoms with Crippen molar-refractivity contribution in [2.45, 2.75) is 39.7 Å². The van der Waals surface area contributed by atoms with Crippen molar-refractivity contribution < 1.29 is 8.81 Å². The van der Waals surface area contributed by atoms with Gasteiger partial charge in [0.1, 0.15) is 17.2 Å². The molecule has 1 aromatic carbocycles. The summed E-state index contributed by atoms with van der Waals surface area (Å²) in [5, 5.41) is 4.26. The summed E-state index contributed by atoms with van der Waals surface area (Å²) in [5.74, 6) is 0.699. The maximum atomic E-state index is 13.3. The second-order valence-corrected chi connectivity index (χ2v) is 4.69. The van der Waals surface area contributed by atoms with E-state index in [-0.39, 0.29) is 11.9 Å². The molecule has 0 fully saturated rings. The van der Waals surface area contributed by atoms with Crippen molar-refractivity contribution in [3.63, 3.8) is 0 Å². The minimum Gasteiger partial charge on any atom is -0.459 e. The molecule has 2 rings (SSSR count). The Hall–Kier alpha value is -1.35. The fourth-order valence-corrected chi connectivity index (χ4v) is 2.35. The summed E-state index contributed by atoms with van der Waals surface area (Å²) < 4.78 is 19.2. The molecule has 0 saturated heterocycles. The molecule has 0 aliphatic rings. The molecule has 1 N–H and O–H groups in total. The summed E-state index contributed by atoms with van der Waals surface area (Å²) in [7, 11) is 0. The van der Waals surface area contributed by atoms with E-state index in [1.54, 1.807) is 0 Å². The van der Waals surface area contributed by atoms with E-state index in [0.717, 1.165) is 41.7 Å². The lowest BCUT2D eigenvalue weighted by Crippen LogP contribution is -2.20. The lowest BCUT2D eigenvalue weighted by Gasteiger charge is -2.13. The molecular formula is C15H20FNO. The molecule has 0 radical (unpaired) electrons. The highest BCUT2D eigenvalue weighted by atomic mass is 19.1. The van der Waals surface area contributed by atoms with Gasteiger partial charge in [-0.3, -0.25) is 0 Å². The smallest absolute Gasteiger partial charge is 0.137 e. The van der Waals surface area contributed by atoms with Crippen LogP contribution in [0.3, 0.4) is 0 Å². The molecule has 0 aliphatic carbocycles. The molecule has 0 saturated carbocycles. The maximum Gasteiger partial charge on any atom is 0.137 e. The normalized spacial score (nSPS) is 13.1. The molecular weight excluding hydrogens is 229 g/mol. The Morgan fingerprint density at radius 3 is 2.72 bits per heavy atom. The van der Waals surface area contributed by atoms with Crippen LogP contribution in [0.2, 0.25) is 0 Å². The van der Waals surface area contributed by atoms with Crippen LogP contribution in [0, 0.1) is 12.7 Å². The van der Waals surface area contributed by atoms with Crippen molar-refractivity contribution in [3.8, 4) is 0 Å². The summed E-state index contributed by atoms with van der Waals surface area (Å²) in [6.07, 6.45) is 2.11. The zero-order chi connectivity index (χ0) is 13.1. The van der Waals surface area contributed by atoms with Gasteiger partial charge in [-0.2, -0.15) is 0 Å². The molecule has 0 amide bonds. The predicted molar refractivity (Wildman–Crippen MR) is 72.2 cm³/mol. The van der Waals surface area contributed by atoms with Gasteiger partial charge in [0.05, 0.1) is 6.04 Å². The molecule has 0 bridgehead atoms. The van der Waals surface area contributed by atoms with E-state index < -0.39 is 0 Å². The molecule has 1 atom stereocenters. The maximum absolute atomic E-state index is 13.3. The van der Waals surface area contributed by atoms with Crippen molar-refractivity contribution in [1.82, 2.24) is 5.32 Å². The van der Waals surface area contributed by atoms with Gasteiger partial charge in [0.15, 0.2) is 0 Å². The van der Waals surface area contributed by atoms with E-state index in [1.807, 2.05) is 13.0 Å². The number of aryl methyl sites for hydroxylation is 1. The number of nitrogens with one attached hydrogen (secondary N) is 1. The number of benzene rings is 1. The van der Waals surface area contributed by atoms with Crippen LogP contribution in [-0.2, 0) is 0 Å². The first-order valence-electron chi connectivity index (χ1n) is 6.58. The van der Waals surface area contributed by atoms with Gasteiger partial charge < -0.3 is 9.73 Å². The van der Waals surface area contributed by atoms with Crippen molar-refractivity contribution >= 4 is 11.0 Å². The minimum atomic E-state index is -0.206. The van der Waals surface area contributed by atoms with Gasteiger partial charge in [0.2, 0.25) is 0 Å². The first kappa shape index (κ1) is 13.1. The second kappa shape index (κ2) is 5.53. The Labute approximate surface area is 107 Å². The van der Waals surface area contributed by atoms with Crippen molar-refractivity contribution in [3.05, 3.63) is 35.3 Å². The van der Waals surface area contributed by atoms with Crippen LogP contribution >= 0.6 is 0 Å². The van der Waals surface area contributed by atoms with E-state index in [1.165, 1.54) is 12.1 Å². The van der Waals surface area contributed by atoms with Crippen LogP contribution in [0.15, 0.2) is 22.6 Å². The summed E-state index contributed by atoms with van der Waals surface area (Å²) in [4.78, 5) is 0. The Bertz CT molecular complexity index is 527. The van der Waals surface area contributed by atoms with E-state index >= 15 is 0 Å². The average molecular weight is 249 g/mol. The number of furan rings is 1. The zero-order valence-corrected chi connectivity index (χ0v) is 11.2. The number of rotatable bonds is 5. The predicted octanol–water partition coefficient (Wildman–Crippen LogP) is 4.33. The summed E-state index contributed by atoms with van der Waals surface area (Å²) >= 11 is 0. The Balaban J connectivity index is 2.41. The van der Waals surface area contributed by atoms with Gasteiger partial charge in [-0.1, -0.05) is 20.3 Å². The van der Waals surface area contributed by atoms with Crippen LogP contribution in [0.4, 0.5) is 4.39 Å². The first-order valence-corrected chi connectivity index (χ1v) is 6.58. The third-order valence-corrected chi connectivity index (χ3v) is 3.16. The highest BCUT2D eigenvalue weighted by Crippen LogP contribution is 2.29. The number of hydrogen-bond acceptors (Lipinski definition) is 2. The van der Waals surface area contributed by atoms with Crippen molar-refractivity contribution in [2.75, 3.05) is 6.54 Å². The Morgan fingerprint density at radius 2 is 2.06 bits per heavy atom. The SMILES string of the molecule is CCCC(NCC)c1cc2cc(F)cc(C)c2o1. The molecule has 0 spiro atoms. The minimum absolute atomic E-state index is 0.206. The fourth-order valence-electron chi connectivity index (χ4n) is 2.35. The Kier molecular flexibility index (Phi) is 4.02. The number of hydrogen-bond donors (Lipinski definition) is 1. The third-order valence-electron chi connectivity index (χ3n) is 3.16. The van der Waals surface area contributed by atoms with Gasteiger partial charge >= 0.3 is 0 Å². The Morgan fingerprint density at radius 1 is 1.28 bits per heavy atom. The van der Waals surface area contributed by atoms with Gasteiger partial charge in [0.25, 0.3) is 0 Å². The highest BCUT2D eigenvalue weighted by molar-refractivity contribution is 5.81. The standard InChI is InChI=1S/C15H20FNO/c1-4-6-13(17-5-2)14-9-11-8-12(16)7-10(3)15(11)18-14/h7-9,13,17H,4-6H2,1-3H3. The molecule has 1 aromatic heterocycles. The third kappa shape index (κ3) is 2.56. The molecule has 3 heteroatoms. The number of halogens is 1. The largest absolute Gasteiger partial charge is 0.459 e. The van der Waals surface area contributed by atoms with Crippen molar-refractivity contribution in [2.24, 2.45) is 0 Å². The topological polar surface area (TPSA) is 25.2 Å². The monoisotopic (exact) mass is 249 g/mol. The molecule has 1 heterocycles. The quantitative estimate of drug-likeness (QED) is 0.853. The van der Waals surface area contributed by atoms with E-state index in [4.69, 9.17) is 4.42 Å². The number of fused-ring (bicyclic) bond motifs is 1. The molecule has 98 valence electrons. The lowest BCUT2D eigenvalue weighted by atomic mass is 10.1. The molecule has 0 aliphatic heterocycles. The first-order chi connectivity index (χ1) is 8.65. The van der Waals surface area contributed by atoms with E-state index in [9.17, 15) is 4.39 Å². The van der Waals surface area contributed by atoms with E-state index in [2.05, 4.69) is 19.2 Å². The lowest BCUT2D eigenvalue weighted by molar-refractivity contribution is 0.414. The summed E-state index contributed by atoms with van der Waals surface area (Å²) in [6.45, 7) is 7.00. The van der Waals surface area contributed by atoms with Crippen LogP contribution in [-0.4, -0.2) is 6.54 Å². The van der Waals surface area contributed by atoms with Crippen LogP contribution in [0.5, 0.6) is 0 Å². The fraction of sp³-hybridized carbons (Fsp3) is 0.467. The summed E-state index contributed by atoms with van der Waals surface area (Å²) in [5.41, 5.74) is 1.65. The van der Waals surface area contributed by atoms with Crippen LogP contribution in [0.1, 0.15) is 44.1 Å². The van der Waals surface area contributed by atoms with Gasteiger partial charge in [-0.25, -0.2) is 4.39 Å². The summed E-state index contributed by atoms with van der Waals surface area (Å²) in [6, 6.07) is 5.21. The molecule has 2 aromatic rings. The van der Waals surface area contributed by atoms with Crippen LogP contribution in [0.25, 0.3) is 11.0 Å². The average Bonchev–Trinajstić information content (AvgIpc) is 2.72. The zero-order valence-electron chi connectivity index (χ0n) is 11.2.